The van der Waals surface area contributed by atoms with Gasteiger partial charge in [-0.25, -0.2) is 0 Å². The number of hydrogen-bond acceptors (Lipinski definition) is 3. The lowest BCUT2D eigenvalue weighted by Crippen LogP contribution is -2.42. The van der Waals surface area contributed by atoms with Crippen LogP contribution in [0.5, 0.6) is 0 Å². The summed E-state index contributed by atoms with van der Waals surface area (Å²) in [5.41, 5.74) is 0. The third kappa shape index (κ3) is 5.07. The molecule has 1 rings (SSSR count). The van der Waals surface area contributed by atoms with E-state index in [0.717, 1.165) is 12.3 Å². The molecule has 0 aliphatic heterocycles. The highest BCUT2D eigenvalue weighted by atomic mass is 16.5. The molecule has 1 fully saturated rings. The molecule has 0 aromatic carbocycles. The zero-order valence-electron chi connectivity index (χ0n) is 11.7. The fourth-order valence-electron chi connectivity index (χ4n) is 2.61. The van der Waals surface area contributed by atoms with E-state index in [1.54, 1.807) is 6.92 Å². The molecule has 4 nitrogen and oxygen atoms in total. The smallest absolute Gasteiger partial charge is 0.306 e. The predicted octanol–water partition coefficient (Wildman–Crippen LogP) is 2.27. The van der Waals surface area contributed by atoms with E-state index in [0.29, 0.717) is 12.5 Å². The van der Waals surface area contributed by atoms with E-state index in [2.05, 4.69) is 19.2 Å². The van der Waals surface area contributed by atoms with Crippen molar-refractivity contribution in [2.24, 2.45) is 11.8 Å². The third-order valence-corrected chi connectivity index (χ3v) is 3.64. The SMILES string of the molecule is CCOC(=O)CCC(=O)NC1CCC(C)CC1C. The van der Waals surface area contributed by atoms with Gasteiger partial charge in [0.15, 0.2) is 0 Å². The van der Waals surface area contributed by atoms with Crippen LogP contribution >= 0.6 is 0 Å². The van der Waals surface area contributed by atoms with Crippen LogP contribution in [0.1, 0.15) is 52.9 Å². The summed E-state index contributed by atoms with van der Waals surface area (Å²) in [5.74, 6) is 0.959. The second-order valence-electron chi connectivity index (χ2n) is 5.37. The van der Waals surface area contributed by atoms with Crippen molar-refractivity contribution < 1.29 is 14.3 Å². The summed E-state index contributed by atoms with van der Waals surface area (Å²) in [6.07, 6.45) is 3.80. The van der Waals surface area contributed by atoms with E-state index >= 15 is 0 Å². The van der Waals surface area contributed by atoms with Crippen molar-refractivity contribution in [2.45, 2.75) is 58.9 Å². The van der Waals surface area contributed by atoms with Gasteiger partial charge in [0, 0.05) is 12.5 Å². The molecular formula is C14H25NO3. The topological polar surface area (TPSA) is 55.4 Å². The number of carbonyl (C=O) groups is 2. The summed E-state index contributed by atoms with van der Waals surface area (Å²) < 4.78 is 4.80. The average Bonchev–Trinajstić information content (AvgIpc) is 2.31. The van der Waals surface area contributed by atoms with Gasteiger partial charge >= 0.3 is 5.97 Å². The Bertz CT molecular complexity index is 291. The number of nitrogens with one attached hydrogen (secondary N) is 1. The standard InChI is InChI=1S/C14H25NO3/c1-4-18-14(17)8-7-13(16)15-12-6-5-10(2)9-11(12)3/h10-12H,4-9H2,1-3H3,(H,15,16). The lowest BCUT2D eigenvalue weighted by molar-refractivity contribution is -0.144. The Kier molecular flexibility index (Phi) is 6.16. The van der Waals surface area contributed by atoms with E-state index in [1.807, 2.05) is 0 Å². The highest BCUT2D eigenvalue weighted by Crippen LogP contribution is 2.28. The summed E-state index contributed by atoms with van der Waals surface area (Å²) in [4.78, 5) is 22.9. The van der Waals surface area contributed by atoms with E-state index in [4.69, 9.17) is 4.74 Å². The Morgan fingerprint density at radius 3 is 2.56 bits per heavy atom. The van der Waals surface area contributed by atoms with Crippen LogP contribution in [0.3, 0.4) is 0 Å². The molecule has 0 spiro atoms. The van der Waals surface area contributed by atoms with Gasteiger partial charge in [0.25, 0.3) is 0 Å². The summed E-state index contributed by atoms with van der Waals surface area (Å²) in [7, 11) is 0. The molecule has 3 atom stereocenters. The Morgan fingerprint density at radius 1 is 1.22 bits per heavy atom. The Labute approximate surface area is 109 Å². The minimum absolute atomic E-state index is 0.0329. The predicted molar refractivity (Wildman–Crippen MR) is 70.0 cm³/mol. The molecule has 1 amide bonds. The normalized spacial score (nSPS) is 27.6. The maximum atomic E-state index is 11.7. The second-order valence-corrected chi connectivity index (χ2v) is 5.37. The largest absolute Gasteiger partial charge is 0.466 e. The molecular weight excluding hydrogens is 230 g/mol. The number of amides is 1. The number of hydrogen-bond donors (Lipinski definition) is 1. The first-order chi connectivity index (χ1) is 8.52. The number of rotatable bonds is 5. The molecule has 1 aliphatic carbocycles. The minimum atomic E-state index is -0.294. The molecule has 0 saturated heterocycles. The van der Waals surface area contributed by atoms with Gasteiger partial charge < -0.3 is 10.1 Å². The monoisotopic (exact) mass is 255 g/mol. The Balaban J connectivity index is 2.25. The van der Waals surface area contributed by atoms with Gasteiger partial charge in [0.05, 0.1) is 13.0 Å². The van der Waals surface area contributed by atoms with Gasteiger partial charge in [-0.2, -0.15) is 0 Å². The van der Waals surface area contributed by atoms with Crippen molar-refractivity contribution in [1.82, 2.24) is 5.32 Å². The number of esters is 1. The van der Waals surface area contributed by atoms with Gasteiger partial charge in [0.1, 0.15) is 0 Å². The van der Waals surface area contributed by atoms with E-state index < -0.39 is 0 Å². The van der Waals surface area contributed by atoms with Gasteiger partial charge in [-0.05, 0) is 38.0 Å². The first-order valence-electron chi connectivity index (χ1n) is 6.97. The van der Waals surface area contributed by atoms with Gasteiger partial charge in [-0.15, -0.1) is 0 Å². The molecule has 1 aliphatic rings. The molecule has 0 bridgehead atoms. The van der Waals surface area contributed by atoms with Gasteiger partial charge in [-0.1, -0.05) is 13.8 Å². The molecule has 18 heavy (non-hydrogen) atoms. The maximum Gasteiger partial charge on any atom is 0.306 e. The van der Waals surface area contributed by atoms with Crippen LogP contribution in [0.25, 0.3) is 0 Å². The van der Waals surface area contributed by atoms with Crippen LogP contribution in [0.2, 0.25) is 0 Å². The van der Waals surface area contributed by atoms with Crippen LogP contribution in [-0.4, -0.2) is 24.5 Å². The lowest BCUT2D eigenvalue weighted by atomic mass is 9.80. The molecule has 1 N–H and O–H groups in total. The van der Waals surface area contributed by atoms with Crippen LogP contribution in [0.15, 0.2) is 0 Å². The van der Waals surface area contributed by atoms with Crippen LogP contribution in [0, 0.1) is 11.8 Å². The van der Waals surface area contributed by atoms with Crippen molar-refractivity contribution in [3.8, 4) is 0 Å². The molecule has 1 saturated carbocycles. The molecule has 104 valence electrons. The molecule has 3 unspecified atom stereocenters. The number of carbonyl (C=O) groups excluding carboxylic acids is 2. The van der Waals surface area contributed by atoms with Crippen LogP contribution in [0.4, 0.5) is 0 Å². The lowest BCUT2D eigenvalue weighted by Gasteiger charge is -2.33. The molecule has 0 heterocycles. The molecule has 0 radical (unpaired) electrons. The first kappa shape index (κ1) is 15.0. The first-order valence-corrected chi connectivity index (χ1v) is 6.97. The summed E-state index contributed by atoms with van der Waals surface area (Å²) in [6, 6.07) is 0.274. The van der Waals surface area contributed by atoms with E-state index in [9.17, 15) is 9.59 Å². The quantitative estimate of drug-likeness (QED) is 0.767. The maximum absolute atomic E-state index is 11.7. The zero-order valence-corrected chi connectivity index (χ0v) is 11.7. The van der Waals surface area contributed by atoms with Gasteiger partial charge in [-0.3, -0.25) is 9.59 Å². The molecule has 4 heteroatoms. The third-order valence-electron chi connectivity index (χ3n) is 3.64. The fourth-order valence-corrected chi connectivity index (χ4v) is 2.61. The Hall–Kier alpha value is -1.06. The van der Waals surface area contributed by atoms with Crippen LogP contribution in [-0.2, 0) is 14.3 Å². The van der Waals surface area contributed by atoms with Crippen molar-refractivity contribution in [3.05, 3.63) is 0 Å². The Morgan fingerprint density at radius 2 is 1.94 bits per heavy atom. The average molecular weight is 255 g/mol. The fraction of sp³-hybridized carbons (Fsp3) is 0.857. The molecule has 0 aromatic rings. The summed E-state index contributed by atoms with van der Waals surface area (Å²) in [5, 5.41) is 3.04. The summed E-state index contributed by atoms with van der Waals surface area (Å²) >= 11 is 0. The van der Waals surface area contributed by atoms with Crippen molar-refractivity contribution in [1.29, 1.82) is 0 Å². The van der Waals surface area contributed by atoms with Crippen LogP contribution < -0.4 is 5.32 Å². The second kappa shape index (κ2) is 7.39. The molecule has 0 aromatic heterocycles. The highest BCUT2D eigenvalue weighted by Gasteiger charge is 2.26. The minimum Gasteiger partial charge on any atom is -0.466 e. The van der Waals surface area contributed by atoms with Crippen molar-refractivity contribution in [2.75, 3.05) is 6.61 Å². The zero-order chi connectivity index (χ0) is 13.5. The van der Waals surface area contributed by atoms with Crippen molar-refractivity contribution in [3.63, 3.8) is 0 Å². The highest BCUT2D eigenvalue weighted by molar-refractivity contribution is 5.81. The van der Waals surface area contributed by atoms with E-state index in [1.165, 1.54) is 12.8 Å². The van der Waals surface area contributed by atoms with Crippen molar-refractivity contribution >= 4 is 11.9 Å². The number of ether oxygens (including phenoxy) is 1. The van der Waals surface area contributed by atoms with Gasteiger partial charge in [0.2, 0.25) is 5.91 Å². The summed E-state index contributed by atoms with van der Waals surface area (Å²) in [6.45, 7) is 6.59. The van der Waals surface area contributed by atoms with E-state index in [-0.39, 0.29) is 30.8 Å².